The van der Waals surface area contributed by atoms with Gasteiger partial charge in [-0.2, -0.15) is 0 Å². The molecule has 112 valence electrons. The second-order valence-electron chi connectivity index (χ2n) is 5.24. The summed E-state index contributed by atoms with van der Waals surface area (Å²) in [4.78, 5) is 22.6. The zero-order valence-corrected chi connectivity index (χ0v) is 13.1. The molecule has 2 aromatic rings. The fourth-order valence-electron chi connectivity index (χ4n) is 2.73. The molecule has 2 heterocycles. The first-order valence-corrected chi connectivity index (χ1v) is 8.37. The highest BCUT2D eigenvalue weighted by Crippen LogP contribution is 2.37. The van der Waals surface area contributed by atoms with E-state index in [2.05, 4.69) is 20.6 Å². The van der Waals surface area contributed by atoms with E-state index >= 15 is 0 Å². The summed E-state index contributed by atoms with van der Waals surface area (Å²) in [5.74, 6) is 0.989. The summed E-state index contributed by atoms with van der Waals surface area (Å²) in [7, 11) is 0. The molecular weight excluding hydrogens is 284 g/mol. The zero-order chi connectivity index (χ0) is 14.7. The molecule has 1 aliphatic rings. The van der Waals surface area contributed by atoms with Gasteiger partial charge in [-0.1, -0.05) is 6.92 Å². The van der Waals surface area contributed by atoms with E-state index in [4.69, 9.17) is 0 Å². The van der Waals surface area contributed by atoms with Crippen molar-refractivity contribution in [3.05, 3.63) is 16.8 Å². The number of aryl methyl sites for hydroxylation is 2. The molecule has 6 heteroatoms. The maximum absolute atomic E-state index is 11.2. The number of amides is 1. The van der Waals surface area contributed by atoms with Crippen molar-refractivity contribution in [2.75, 3.05) is 18.4 Å². The molecule has 0 aromatic carbocycles. The van der Waals surface area contributed by atoms with E-state index in [1.807, 2.05) is 6.92 Å². The van der Waals surface area contributed by atoms with Crippen LogP contribution in [0.2, 0.25) is 0 Å². The summed E-state index contributed by atoms with van der Waals surface area (Å²) in [6, 6.07) is 0. The number of nitrogens with one attached hydrogen (secondary N) is 2. The number of carbonyl (C=O) groups excluding carboxylic acids is 1. The second kappa shape index (κ2) is 6.39. The molecule has 21 heavy (non-hydrogen) atoms. The largest absolute Gasteiger partial charge is 0.368 e. The Morgan fingerprint density at radius 3 is 3.00 bits per heavy atom. The third-order valence-electron chi connectivity index (χ3n) is 3.81. The molecule has 0 bridgehead atoms. The van der Waals surface area contributed by atoms with Crippen molar-refractivity contribution in [3.63, 3.8) is 0 Å². The lowest BCUT2D eigenvalue weighted by Crippen LogP contribution is -2.28. The highest BCUT2D eigenvalue weighted by atomic mass is 32.1. The van der Waals surface area contributed by atoms with Gasteiger partial charge in [0.25, 0.3) is 0 Å². The van der Waals surface area contributed by atoms with Gasteiger partial charge >= 0.3 is 0 Å². The lowest BCUT2D eigenvalue weighted by molar-refractivity contribution is -0.120. The topological polar surface area (TPSA) is 66.9 Å². The Kier molecular flexibility index (Phi) is 4.34. The van der Waals surface area contributed by atoms with Crippen LogP contribution in [-0.4, -0.2) is 29.0 Å². The van der Waals surface area contributed by atoms with Crippen LogP contribution in [0.4, 0.5) is 5.82 Å². The first-order chi connectivity index (χ1) is 10.3. The van der Waals surface area contributed by atoms with Crippen molar-refractivity contribution in [2.24, 2.45) is 0 Å². The normalized spacial score (nSPS) is 14.0. The van der Waals surface area contributed by atoms with E-state index in [1.165, 1.54) is 35.1 Å². The van der Waals surface area contributed by atoms with Gasteiger partial charge in [-0.05, 0) is 31.2 Å². The van der Waals surface area contributed by atoms with Gasteiger partial charge in [0, 0.05) is 24.4 Å². The minimum atomic E-state index is 0.0811. The molecule has 1 amide bonds. The van der Waals surface area contributed by atoms with Gasteiger partial charge in [0.1, 0.15) is 17.0 Å². The second-order valence-corrected chi connectivity index (χ2v) is 6.33. The van der Waals surface area contributed by atoms with Crippen LogP contribution in [0.1, 0.15) is 36.6 Å². The lowest BCUT2D eigenvalue weighted by atomic mass is 9.97. The van der Waals surface area contributed by atoms with Crippen LogP contribution in [0.25, 0.3) is 10.2 Å². The highest BCUT2D eigenvalue weighted by molar-refractivity contribution is 7.19. The molecule has 5 nitrogen and oxygen atoms in total. The minimum absolute atomic E-state index is 0.0811. The van der Waals surface area contributed by atoms with E-state index in [-0.39, 0.29) is 5.91 Å². The van der Waals surface area contributed by atoms with Gasteiger partial charge in [0.05, 0.1) is 5.39 Å². The number of anilines is 1. The number of hydrogen-bond acceptors (Lipinski definition) is 5. The summed E-state index contributed by atoms with van der Waals surface area (Å²) < 4.78 is 0. The first kappa shape index (κ1) is 14.3. The maximum atomic E-state index is 11.2. The van der Waals surface area contributed by atoms with E-state index in [0.29, 0.717) is 19.5 Å². The fraction of sp³-hybridized carbons (Fsp3) is 0.533. The summed E-state index contributed by atoms with van der Waals surface area (Å²) >= 11 is 1.80. The highest BCUT2D eigenvalue weighted by Gasteiger charge is 2.19. The predicted octanol–water partition coefficient (Wildman–Crippen LogP) is 2.51. The quantitative estimate of drug-likeness (QED) is 0.833. The number of thiophene rings is 1. The number of nitrogens with zero attached hydrogens (tertiary/aromatic N) is 2. The SMILES string of the molecule is CCC(=O)NCCNc1ncnc2sc3c(c12)CCCC3. The van der Waals surface area contributed by atoms with Gasteiger partial charge in [0.2, 0.25) is 5.91 Å². The zero-order valence-electron chi connectivity index (χ0n) is 12.2. The first-order valence-electron chi connectivity index (χ1n) is 7.55. The van der Waals surface area contributed by atoms with Crippen molar-refractivity contribution in [1.82, 2.24) is 15.3 Å². The molecule has 0 unspecified atom stereocenters. The monoisotopic (exact) mass is 304 g/mol. The Morgan fingerprint density at radius 2 is 2.14 bits per heavy atom. The minimum Gasteiger partial charge on any atom is -0.368 e. The average molecular weight is 304 g/mol. The molecule has 3 rings (SSSR count). The van der Waals surface area contributed by atoms with Crippen LogP contribution in [0.5, 0.6) is 0 Å². The van der Waals surface area contributed by atoms with E-state index < -0.39 is 0 Å². The van der Waals surface area contributed by atoms with Crippen molar-refractivity contribution in [1.29, 1.82) is 0 Å². The Hall–Kier alpha value is -1.69. The molecule has 0 atom stereocenters. The van der Waals surface area contributed by atoms with Crippen LogP contribution < -0.4 is 10.6 Å². The van der Waals surface area contributed by atoms with Crippen molar-refractivity contribution in [3.8, 4) is 0 Å². The Balaban J connectivity index is 1.76. The standard InChI is InChI=1S/C15H20N4OS/c1-2-12(20)16-7-8-17-14-13-10-5-3-4-6-11(10)21-15(13)19-9-18-14/h9H,2-8H2,1H3,(H,16,20)(H,17,18,19). The van der Waals surface area contributed by atoms with E-state index in [1.54, 1.807) is 17.7 Å². The van der Waals surface area contributed by atoms with Crippen LogP contribution in [-0.2, 0) is 17.6 Å². The number of aromatic nitrogens is 2. The molecule has 0 saturated heterocycles. The number of fused-ring (bicyclic) bond motifs is 3. The average Bonchev–Trinajstić information content (AvgIpc) is 2.90. The summed E-state index contributed by atoms with van der Waals surface area (Å²) in [6.07, 6.45) is 6.97. The Morgan fingerprint density at radius 1 is 1.29 bits per heavy atom. The summed E-state index contributed by atoms with van der Waals surface area (Å²) in [5, 5.41) is 7.40. The molecule has 0 radical (unpaired) electrons. The predicted molar refractivity (Wildman–Crippen MR) is 85.8 cm³/mol. The number of rotatable bonds is 5. The fourth-order valence-corrected chi connectivity index (χ4v) is 3.96. The van der Waals surface area contributed by atoms with Crippen molar-refractivity contribution in [2.45, 2.75) is 39.0 Å². The molecule has 1 aliphatic carbocycles. The van der Waals surface area contributed by atoms with Crippen molar-refractivity contribution >= 4 is 33.3 Å². The van der Waals surface area contributed by atoms with E-state index in [9.17, 15) is 4.79 Å². The third kappa shape index (κ3) is 3.00. The summed E-state index contributed by atoms with van der Waals surface area (Å²) in [6.45, 7) is 3.15. The van der Waals surface area contributed by atoms with Gasteiger partial charge in [0.15, 0.2) is 0 Å². The van der Waals surface area contributed by atoms with Crippen molar-refractivity contribution < 1.29 is 4.79 Å². The number of carbonyl (C=O) groups is 1. The van der Waals surface area contributed by atoms with Gasteiger partial charge in [-0.3, -0.25) is 4.79 Å². The maximum Gasteiger partial charge on any atom is 0.219 e. The van der Waals surface area contributed by atoms with Crippen LogP contribution >= 0.6 is 11.3 Å². The van der Waals surface area contributed by atoms with Gasteiger partial charge in [-0.25, -0.2) is 9.97 Å². The van der Waals surface area contributed by atoms with Crippen LogP contribution in [0.3, 0.4) is 0 Å². The molecule has 2 N–H and O–H groups in total. The lowest BCUT2D eigenvalue weighted by Gasteiger charge is -2.12. The molecule has 0 fully saturated rings. The Labute approximate surface area is 128 Å². The molecule has 0 saturated carbocycles. The van der Waals surface area contributed by atoms with Gasteiger partial charge < -0.3 is 10.6 Å². The smallest absolute Gasteiger partial charge is 0.219 e. The molecule has 2 aromatic heterocycles. The third-order valence-corrected chi connectivity index (χ3v) is 5.01. The molecule has 0 spiro atoms. The molecular formula is C15H20N4OS. The molecule has 0 aliphatic heterocycles. The van der Waals surface area contributed by atoms with Crippen LogP contribution in [0.15, 0.2) is 6.33 Å². The van der Waals surface area contributed by atoms with E-state index in [0.717, 1.165) is 17.1 Å². The van der Waals surface area contributed by atoms with Gasteiger partial charge in [-0.15, -0.1) is 11.3 Å². The number of hydrogen-bond donors (Lipinski definition) is 2. The van der Waals surface area contributed by atoms with Crippen LogP contribution in [0, 0.1) is 0 Å². The summed E-state index contributed by atoms with van der Waals surface area (Å²) in [5.41, 5.74) is 1.43. The Bertz CT molecular complexity index is 652.